The van der Waals surface area contributed by atoms with Crippen molar-refractivity contribution in [2.24, 2.45) is 5.73 Å². The second-order valence-corrected chi connectivity index (χ2v) is 5.75. The van der Waals surface area contributed by atoms with Gasteiger partial charge in [-0.3, -0.25) is 4.79 Å². The van der Waals surface area contributed by atoms with Gasteiger partial charge in [-0.15, -0.1) is 11.3 Å². The van der Waals surface area contributed by atoms with E-state index in [-0.39, 0.29) is 5.91 Å². The van der Waals surface area contributed by atoms with Crippen LogP contribution in [0, 0.1) is 0 Å². The van der Waals surface area contributed by atoms with Crippen molar-refractivity contribution in [3.8, 4) is 0 Å². The number of methoxy groups -OCH3 is 1. The van der Waals surface area contributed by atoms with Crippen molar-refractivity contribution in [2.75, 3.05) is 20.3 Å². The zero-order chi connectivity index (χ0) is 15.1. The first-order valence-corrected chi connectivity index (χ1v) is 7.71. The molecule has 0 radical (unpaired) electrons. The van der Waals surface area contributed by atoms with Gasteiger partial charge in [-0.2, -0.15) is 0 Å². The normalized spacial score (nSPS) is 12.1. The van der Waals surface area contributed by atoms with Gasteiger partial charge in [0.1, 0.15) is 6.04 Å². The molecule has 2 aromatic rings. The Morgan fingerprint density at radius 3 is 2.67 bits per heavy atom. The topological polar surface area (TPSA) is 55.6 Å². The summed E-state index contributed by atoms with van der Waals surface area (Å²) in [6, 6.07) is 12.8. The zero-order valence-electron chi connectivity index (χ0n) is 12.1. The fourth-order valence-electron chi connectivity index (χ4n) is 2.06. The highest BCUT2D eigenvalue weighted by Crippen LogP contribution is 2.17. The average Bonchev–Trinajstić information content (AvgIpc) is 3.04. The standard InChI is InChI=1S/C16H20N2O2S/c1-20-10-9-18(12-14-8-5-11-21-14)16(19)15(17)13-6-3-2-4-7-13/h2-8,11,15H,9-10,12,17H2,1H3/t15-/m0/s1. The van der Waals surface area contributed by atoms with Gasteiger partial charge < -0.3 is 15.4 Å². The molecule has 1 heterocycles. The van der Waals surface area contributed by atoms with E-state index in [9.17, 15) is 4.79 Å². The monoisotopic (exact) mass is 304 g/mol. The van der Waals surface area contributed by atoms with E-state index in [1.54, 1.807) is 23.3 Å². The lowest BCUT2D eigenvalue weighted by Gasteiger charge is -2.25. The first-order valence-electron chi connectivity index (χ1n) is 6.83. The molecule has 0 spiro atoms. The van der Waals surface area contributed by atoms with Gasteiger partial charge in [-0.1, -0.05) is 36.4 Å². The van der Waals surface area contributed by atoms with Crippen molar-refractivity contribution in [1.82, 2.24) is 4.90 Å². The number of thiophene rings is 1. The Morgan fingerprint density at radius 2 is 2.05 bits per heavy atom. The number of benzene rings is 1. The molecule has 2 rings (SSSR count). The summed E-state index contributed by atoms with van der Waals surface area (Å²) in [5, 5.41) is 2.01. The van der Waals surface area contributed by atoms with Gasteiger partial charge in [-0.05, 0) is 17.0 Å². The lowest BCUT2D eigenvalue weighted by Crippen LogP contribution is -2.39. The van der Waals surface area contributed by atoms with Crippen molar-refractivity contribution in [2.45, 2.75) is 12.6 Å². The summed E-state index contributed by atoms with van der Waals surface area (Å²) in [5.41, 5.74) is 6.94. The van der Waals surface area contributed by atoms with Crippen LogP contribution in [0.1, 0.15) is 16.5 Å². The van der Waals surface area contributed by atoms with Crippen LogP contribution in [0.2, 0.25) is 0 Å². The van der Waals surface area contributed by atoms with Gasteiger partial charge in [0.2, 0.25) is 5.91 Å². The number of hydrogen-bond donors (Lipinski definition) is 1. The minimum Gasteiger partial charge on any atom is -0.383 e. The molecule has 5 heteroatoms. The minimum atomic E-state index is -0.636. The number of carbonyl (C=O) groups excluding carboxylic acids is 1. The van der Waals surface area contributed by atoms with E-state index in [1.165, 1.54) is 0 Å². The molecule has 0 bridgehead atoms. The van der Waals surface area contributed by atoms with Gasteiger partial charge >= 0.3 is 0 Å². The SMILES string of the molecule is COCCN(Cc1cccs1)C(=O)[C@@H](N)c1ccccc1. The number of ether oxygens (including phenoxy) is 1. The van der Waals surface area contributed by atoms with E-state index in [4.69, 9.17) is 10.5 Å². The second-order valence-electron chi connectivity index (χ2n) is 4.72. The number of hydrogen-bond acceptors (Lipinski definition) is 4. The Morgan fingerprint density at radius 1 is 1.29 bits per heavy atom. The van der Waals surface area contributed by atoms with Crippen LogP contribution >= 0.6 is 11.3 Å². The van der Waals surface area contributed by atoms with E-state index >= 15 is 0 Å². The Balaban J connectivity index is 2.09. The largest absolute Gasteiger partial charge is 0.383 e. The molecule has 0 aliphatic heterocycles. The number of amides is 1. The minimum absolute atomic E-state index is 0.0772. The molecule has 0 aliphatic carbocycles. The van der Waals surface area contributed by atoms with Gasteiger partial charge in [0, 0.05) is 18.5 Å². The van der Waals surface area contributed by atoms with E-state index in [1.807, 2.05) is 47.8 Å². The van der Waals surface area contributed by atoms with Gasteiger partial charge in [-0.25, -0.2) is 0 Å². The molecule has 0 saturated carbocycles. The van der Waals surface area contributed by atoms with Crippen LogP contribution in [0.25, 0.3) is 0 Å². The van der Waals surface area contributed by atoms with Crippen molar-refractivity contribution in [1.29, 1.82) is 0 Å². The molecule has 2 N–H and O–H groups in total. The van der Waals surface area contributed by atoms with Gasteiger partial charge in [0.05, 0.1) is 13.2 Å². The first kappa shape index (κ1) is 15.7. The van der Waals surface area contributed by atoms with Crippen LogP contribution in [-0.4, -0.2) is 31.1 Å². The summed E-state index contributed by atoms with van der Waals surface area (Å²) in [6.45, 7) is 1.60. The van der Waals surface area contributed by atoms with E-state index in [0.717, 1.165) is 10.4 Å². The number of rotatable bonds is 7. The van der Waals surface area contributed by atoms with E-state index < -0.39 is 6.04 Å². The highest BCUT2D eigenvalue weighted by molar-refractivity contribution is 7.09. The molecule has 1 aromatic carbocycles. The van der Waals surface area contributed by atoms with Crippen molar-refractivity contribution in [3.05, 3.63) is 58.3 Å². The van der Waals surface area contributed by atoms with Crippen LogP contribution in [0.5, 0.6) is 0 Å². The van der Waals surface area contributed by atoms with Crippen molar-refractivity contribution >= 4 is 17.2 Å². The maximum absolute atomic E-state index is 12.6. The van der Waals surface area contributed by atoms with Crippen molar-refractivity contribution in [3.63, 3.8) is 0 Å². The maximum Gasteiger partial charge on any atom is 0.244 e. The third-order valence-electron chi connectivity index (χ3n) is 3.23. The lowest BCUT2D eigenvalue weighted by molar-refractivity contribution is -0.134. The summed E-state index contributed by atoms with van der Waals surface area (Å²) < 4.78 is 5.10. The molecular weight excluding hydrogens is 284 g/mol. The molecule has 4 nitrogen and oxygen atoms in total. The summed E-state index contributed by atoms with van der Waals surface area (Å²) in [6.07, 6.45) is 0. The Hall–Kier alpha value is -1.69. The van der Waals surface area contributed by atoms with Crippen LogP contribution < -0.4 is 5.73 Å². The fraction of sp³-hybridized carbons (Fsp3) is 0.312. The molecule has 1 amide bonds. The number of carbonyl (C=O) groups is 1. The Labute approximate surface area is 129 Å². The fourth-order valence-corrected chi connectivity index (χ4v) is 2.78. The smallest absolute Gasteiger partial charge is 0.244 e. The third-order valence-corrected chi connectivity index (χ3v) is 4.09. The Kier molecular flexibility index (Phi) is 5.92. The summed E-state index contributed by atoms with van der Waals surface area (Å²) in [4.78, 5) is 15.5. The highest BCUT2D eigenvalue weighted by atomic mass is 32.1. The lowest BCUT2D eigenvalue weighted by atomic mass is 10.1. The van der Waals surface area contributed by atoms with Crippen molar-refractivity contribution < 1.29 is 9.53 Å². The quantitative estimate of drug-likeness (QED) is 0.854. The second kappa shape index (κ2) is 7.93. The highest BCUT2D eigenvalue weighted by Gasteiger charge is 2.22. The summed E-state index contributed by atoms with van der Waals surface area (Å²) in [7, 11) is 1.63. The number of nitrogens with zero attached hydrogens (tertiary/aromatic N) is 1. The van der Waals surface area contributed by atoms with Crippen LogP contribution in [0.4, 0.5) is 0 Å². The molecule has 21 heavy (non-hydrogen) atoms. The van der Waals surface area contributed by atoms with E-state index in [0.29, 0.717) is 19.7 Å². The summed E-state index contributed by atoms with van der Waals surface area (Å²) >= 11 is 1.63. The molecular formula is C16H20N2O2S. The third kappa shape index (κ3) is 4.39. The Bertz CT molecular complexity index is 543. The molecule has 0 fully saturated rings. The molecule has 1 atom stereocenters. The summed E-state index contributed by atoms with van der Waals surface area (Å²) in [5.74, 6) is -0.0772. The predicted octanol–water partition coefficient (Wildman–Crippen LogP) is 2.42. The average molecular weight is 304 g/mol. The van der Waals surface area contributed by atoms with Gasteiger partial charge in [0.15, 0.2) is 0 Å². The molecule has 1 aromatic heterocycles. The van der Waals surface area contributed by atoms with Crippen LogP contribution in [0.15, 0.2) is 47.8 Å². The van der Waals surface area contributed by atoms with E-state index in [2.05, 4.69) is 0 Å². The van der Waals surface area contributed by atoms with Crippen LogP contribution in [-0.2, 0) is 16.1 Å². The number of nitrogens with two attached hydrogens (primary N) is 1. The maximum atomic E-state index is 12.6. The molecule has 0 unspecified atom stereocenters. The van der Waals surface area contributed by atoms with Crippen LogP contribution in [0.3, 0.4) is 0 Å². The first-order chi connectivity index (χ1) is 10.2. The zero-order valence-corrected chi connectivity index (χ0v) is 12.9. The predicted molar refractivity (Wildman–Crippen MR) is 85.0 cm³/mol. The molecule has 0 saturated heterocycles. The van der Waals surface area contributed by atoms with Gasteiger partial charge in [0.25, 0.3) is 0 Å². The molecule has 0 aliphatic rings. The molecule has 112 valence electrons.